The first-order chi connectivity index (χ1) is 14.0. The summed E-state index contributed by atoms with van der Waals surface area (Å²) in [6, 6.07) is 5.39. The molecule has 0 aliphatic heterocycles. The molecule has 0 bridgehead atoms. The molecule has 2 aromatic rings. The lowest BCUT2D eigenvalue weighted by molar-refractivity contribution is -0.131. The summed E-state index contributed by atoms with van der Waals surface area (Å²) in [7, 11) is 0. The number of nitrogens with zero attached hydrogens (tertiary/aromatic N) is 1. The van der Waals surface area contributed by atoms with Gasteiger partial charge in [0.25, 0.3) is 6.43 Å². The summed E-state index contributed by atoms with van der Waals surface area (Å²) in [6.07, 6.45) is 2.43. The van der Waals surface area contributed by atoms with Crippen LogP contribution in [-0.2, 0) is 4.79 Å². The van der Waals surface area contributed by atoms with E-state index < -0.39 is 12.5 Å². The van der Waals surface area contributed by atoms with Gasteiger partial charge in [-0.05, 0) is 57.6 Å². The number of carbonyl (C=O) groups excluding carboxylic acids is 1. The van der Waals surface area contributed by atoms with Gasteiger partial charge in [0, 0.05) is 18.0 Å². The largest absolute Gasteiger partial charge is 0.488 e. The van der Waals surface area contributed by atoms with Gasteiger partial charge in [-0.25, -0.2) is 13.8 Å². The maximum Gasteiger partial charge on any atom is 0.253 e. The quantitative estimate of drug-likeness (QED) is 0.703. The topological polar surface area (TPSA) is 63.2 Å². The number of para-hydroxylation sites is 1. The number of benzene rings is 1. The molecule has 2 N–H and O–H groups in total. The highest BCUT2D eigenvalue weighted by Gasteiger charge is 2.37. The predicted molar refractivity (Wildman–Crippen MR) is 110 cm³/mol. The summed E-state index contributed by atoms with van der Waals surface area (Å²) in [6.45, 7) is 1.52. The Kier molecular flexibility index (Phi) is 6.29. The summed E-state index contributed by atoms with van der Waals surface area (Å²) in [5.41, 5.74) is 2.70. The van der Waals surface area contributed by atoms with Crippen molar-refractivity contribution in [3.63, 3.8) is 0 Å². The fourth-order valence-electron chi connectivity index (χ4n) is 4.18. The van der Waals surface area contributed by atoms with E-state index in [1.54, 1.807) is 11.3 Å². The fourth-order valence-corrected chi connectivity index (χ4v) is 4.87. The number of carbonyl (C=O) groups is 1. The van der Waals surface area contributed by atoms with Crippen LogP contribution in [-0.4, -0.2) is 41.5 Å². The van der Waals surface area contributed by atoms with Crippen molar-refractivity contribution in [2.45, 2.75) is 76.1 Å². The van der Waals surface area contributed by atoms with Crippen molar-refractivity contribution in [2.24, 2.45) is 5.92 Å². The molecule has 1 aromatic carbocycles. The Labute approximate surface area is 173 Å². The lowest BCUT2D eigenvalue weighted by Crippen LogP contribution is -2.49. The maximum atomic E-state index is 12.7. The summed E-state index contributed by atoms with van der Waals surface area (Å²) in [5.74, 6) is 0.870. The minimum atomic E-state index is -2.34. The third kappa shape index (κ3) is 4.86. The Morgan fingerprint density at radius 1 is 1.21 bits per heavy atom. The summed E-state index contributed by atoms with van der Waals surface area (Å²) >= 11 is 1.59. The van der Waals surface area contributed by atoms with Crippen LogP contribution < -0.4 is 15.4 Å². The zero-order valence-electron chi connectivity index (χ0n) is 16.4. The molecule has 8 heteroatoms. The normalized spacial score (nSPS) is 28.1. The van der Waals surface area contributed by atoms with Gasteiger partial charge < -0.3 is 15.4 Å². The number of aromatic nitrogens is 1. The first-order valence-electron chi connectivity index (χ1n) is 10.3. The molecular formula is C21H27F2N3O2S. The molecule has 0 saturated heterocycles. The monoisotopic (exact) mass is 423 g/mol. The molecule has 2 aliphatic carbocycles. The number of halogens is 2. The van der Waals surface area contributed by atoms with E-state index in [0.717, 1.165) is 54.5 Å². The van der Waals surface area contributed by atoms with Crippen molar-refractivity contribution in [1.29, 1.82) is 0 Å². The van der Waals surface area contributed by atoms with E-state index in [4.69, 9.17) is 4.74 Å². The fraction of sp³-hybridized carbons (Fsp3) is 0.619. The molecule has 158 valence electrons. The highest BCUT2D eigenvalue weighted by Crippen LogP contribution is 2.35. The van der Waals surface area contributed by atoms with E-state index in [0.29, 0.717) is 0 Å². The smallest absolute Gasteiger partial charge is 0.253 e. The number of hydrogen-bond acceptors (Lipinski definition) is 5. The zero-order chi connectivity index (χ0) is 20.4. The van der Waals surface area contributed by atoms with E-state index >= 15 is 0 Å². The van der Waals surface area contributed by atoms with E-state index in [9.17, 15) is 13.6 Å². The first kappa shape index (κ1) is 20.5. The Morgan fingerprint density at radius 2 is 1.93 bits per heavy atom. The van der Waals surface area contributed by atoms with Gasteiger partial charge in [-0.2, -0.15) is 0 Å². The number of amides is 1. The third-order valence-corrected chi connectivity index (χ3v) is 6.83. The van der Waals surface area contributed by atoms with Gasteiger partial charge >= 0.3 is 0 Å². The molecule has 1 amide bonds. The third-order valence-electron chi connectivity index (χ3n) is 6.03. The van der Waals surface area contributed by atoms with Gasteiger partial charge in [0.1, 0.15) is 17.4 Å². The number of hydrogen-bond donors (Lipinski definition) is 2. The molecule has 2 saturated carbocycles. The van der Waals surface area contributed by atoms with Gasteiger partial charge in [-0.3, -0.25) is 4.79 Å². The zero-order valence-corrected chi connectivity index (χ0v) is 17.3. The Hall–Kier alpha value is -1.80. The first-order valence-corrected chi connectivity index (χ1v) is 11.2. The van der Waals surface area contributed by atoms with E-state index in [2.05, 4.69) is 15.6 Å². The second-order valence-corrected chi connectivity index (χ2v) is 9.10. The molecule has 0 radical (unpaired) electrons. The van der Waals surface area contributed by atoms with Crippen molar-refractivity contribution >= 4 is 27.5 Å². The van der Waals surface area contributed by atoms with Crippen LogP contribution in [0.15, 0.2) is 23.7 Å². The van der Waals surface area contributed by atoms with Gasteiger partial charge in [0.15, 0.2) is 0 Å². The summed E-state index contributed by atoms with van der Waals surface area (Å²) in [4.78, 5) is 16.9. The molecule has 1 unspecified atom stereocenters. The standard InChI is InChI=1S/C21H27F2N3O2S/c1-12(20(22)23)25-14-5-7-15(8-6-14)26-21(27)13-9-16(10-13)28-17-3-2-4-18-19(17)24-11-29-18/h2-4,11-16,20,25H,5-10H2,1H3,(H,26,27)/t12?,13-,14-,15-,16-. The minimum Gasteiger partial charge on any atom is -0.488 e. The van der Waals surface area contributed by atoms with Crippen LogP contribution in [0.4, 0.5) is 8.78 Å². The molecule has 0 spiro atoms. The van der Waals surface area contributed by atoms with Crippen molar-refractivity contribution < 1.29 is 18.3 Å². The molecule has 1 heterocycles. The molecule has 2 fully saturated rings. The molecular weight excluding hydrogens is 396 g/mol. The number of thiazole rings is 1. The summed E-state index contributed by atoms with van der Waals surface area (Å²) in [5, 5.41) is 6.14. The van der Waals surface area contributed by atoms with Gasteiger partial charge in [0.2, 0.25) is 5.91 Å². The molecule has 4 rings (SSSR count). The SMILES string of the molecule is CC(N[C@H]1CC[C@H](NC(=O)[C@H]2C[C@H](Oc3cccc4scnc34)C2)CC1)C(F)F. The van der Waals surface area contributed by atoms with Crippen molar-refractivity contribution in [2.75, 3.05) is 0 Å². The number of rotatable bonds is 7. The Morgan fingerprint density at radius 3 is 2.66 bits per heavy atom. The van der Waals surface area contributed by atoms with Crippen LogP contribution in [0.2, 0.25) is 0 Å². The number of fused-ring (bicyclic) bond motifs is 1. The van der Waals surface area contributed by atoms with Crippen LogP contribution in [0.5, 0.6) is 5.75 Å². The average Bonchev–Trinajstić information content (AvgIpc) is 3.15. The van der Waals surface area contributed by atoms with Crippen molar-refractivity contribution in [1.82, 2.24) is 15.6 Å². The summed E-state index contributed by atoms with van der Waals surface area (Å²) < 4.78 is 32.5. The average molecular weight is 424 g/mol. The molecule has 29 heavy (non-hydrogen) atoms. The van der Waals surface area contributed by atoms with E-state index in [-0.39, 0.29) is 30.0 Å². The molecule has 1 atom stereocenters. The predicted octanol–water partition coefficient (Wildman–Crippen LogP) is 4.12. The van der Waals surface area contributed by atoms with Crippen LogP contribution in [0, 0.1) is 5.92 Å². The number of alkyl halides is 2. The molecule has 2 aliphatic rings. The highest BCUT2D eigenvalue weighted by atomic mass is 32.1. The highest BCUT2D eigenvalue weighted by molar-refractivity contribution is 7.16. The molecule has 1 aromatic heterocycles. The molecule has 5 nitrogen and oxygen atoms in total. The second kappa shape index (κ2) is 8.92. The lowest BCUT2D eigenvalue weighted by Gasteiger charge is -2.37. The van der Waals surface area contributed by atoms with Crippen LogP contribution in [0.3, 0.4) is 0 Å². The van der Waals surface area contributed by atoms with E-state index in [1.807, 2.05) is 23.7 Å². The Bertz CT molecular complexity index is 832. The second-order valence-electron chi connectivity index (χ2n) is 8.21. The number of ether oxygens (including phenoxy) is 1. The Balaban J connectivity index is 1.18. The van der Waals surface area contributed by atoms with Crippen molar-refractivity contribution in [3.05, 3.63) is 23.7 Å². The van der Waals surface area contributed by atoms with Gasteiger partial charge in [0.05, 0.1) is 16.3 Å². The minimum absolute atomic E-state index is 0.00987. The lowest BCUT2D eigenvalue weighted by atomic mass is 9.81. The number of nitrogens with one attached hydrogen (secondary N) is 2. The van der Waals surface area contributed by atoms with Crippen molar-refractivity contribution in [3.8, 4) is 5.75 Å². The van der Waals surface area contributed by atoms with E-state index in [1.165, 1.54) is 6.92 Å². The van der Waals surface area contributed by atoms with Crippen LogP contribution >= 0.6 is 11.3 Å². The van der Waals surface area contributed by atoms with Crippen LogP contribution in [0.1, 0.15) is 45.4 Å². The van der Waals surface area contributed by atoms with Crippen LogP contribution in [0.25, 0.3) is 10.2 Å². The van der Waals surface area contributed by atoms with Gasteiger partial charge in [-0.15, -0.1) is 11.3 Å². The maximum absolute atomic E-state index is 12.7. The van der Waals surface area contributed by atoms with Gasteiger partial charge in [-0.1, -0.05) is 6.07 Å².